The van der Waals surface area contributed by atoms with Crippen LogP contribution >= 0.6 is 11.3 Å². The number of para-hydroxylation sites is 2. The van der Waals surface area contributed by atoms with E-state index in [1.54, 1.807) is 11.3 Å². The molecule has 2 aromatic rings. The zero-order valence-corrected chi connectivity index (χ0v) is 12.7. The second-order valence-corrected chi connectivity index (χ2v) is 5.38. The van der Waals surface area contributed by atoms with Crippen molar-refractivity contribution in [2.24, 2.45) is 5.73 Å². The number of benzene rings is 1. The fourth-order valence-corrected chi connectivity index (χ4v) is 2.62. The van der Waals surface area contributed by atoms with Crippen molar-refractivity contribution in [3.63, 3.8) is 0 Å². The summed E-state index contributed by atoms with van der Waals surface area (Å²) < 4.78 is 11.3. The van der Waals surface area contributed by atoms with Gasteiger partial charge in [-0.2, -0.15) is 0 Å². The summed E-state index contributed by atoms with van der Waals surface area (Å²) in [6.45, 7) is 5.11. The lowest BCUT2D eigenvalue weighted by Crippen LogP contribution is -2.06. The summed E-state index contributed by atoms with van der Waals surface area (Å²) in [5, 5.41) is 3.06. The second-order valence-electron chi connectivity index (χ2n) is 4.43. The van der Waals surface area contributed by atoms with E-state index in [0.29, 0.717) is 13.2 Å². The highest BCUT2D eigenvalue weighted by atomic mass is 32.1. The summed E-state index contributed by atoms with van der Waals surface area (Å²) in [5.41, 5.74) is 6.74. The molecule has 108 valence electrons. The quantitative estimate of drug-likeness (QED) is 0.851. The molecule has 5 heteroatoms. The van der Waals surface area contributed by atoms with Gasteiger partial charge in [0.2, 0.25) is 0 Å². The molecule has 0 saturated heterocycles. The Hall–Kier alpha value is -1.59. The Kier molecular flexibility index (Phi) is 5.38. The predicted octanol–water partition coefficient (Wildman–Crippen LogP) is 3.18. The fraction of sp³-hybridized carbons (Fsp3) is 0.400. The van der Waals surface area contributed by atoms with Crippen LogP contribution in [0, 0.1) is 0 Å². The number of hydrogen-bond donors (Lipinski definition) is 1. The first-order chi connectivity index (χ1) is 9.70. The van der Waals surface area contributed by atoms with Gasteiger partial charge >= 0.3 is 0 Å². The van der Waals surface area contributed by atoms with Gasteiger partial charge in [0.1, 0.15) is 0 Å². The van der Waals surface area contributed by atoms with E-state index in [-0.39, 0.29) is 6.04 Å². The van der Waals surface area contributed by atoms with Crippen molar-refractivity contribution in [1.82, 2.24) is 4.98 Å². The monoisotopic (exact) mass is 292 g/mol. The molecule has 0 radical (unpaired) electrons. The second kappa shape index (κ2) is 7.26. The number of aromatic nitrogens is 1. The maximum Gasteiger partial charge on any atom is 0.161 e. The van der Waals surface area contributed by atoms with Crippen LogP contribution in [0.25, 0.3) is 0 Å². The summed E-state index contributed by atoms with van der Waals surface area (Å²) in [7, 11) is 0. The molecule has 1 unspecified atom stereocenters. The molecule has 4 nitrogen and oxygen atoms in total. The van der Waals surface area contributed by atoms with Crippen LogP contribution in [0.4, 0.5) is 0 Å². The Labute approximate surface area is 123 Å². The van der Waals surface area contributed by atoms with E-state index in [0.717, 1.165) is 28.6 Å². The summed E-state index contributed by atoms with van der Waals surface area (Å²) in [4.78, 5) is 4.48. The highest BCUT2D eigenvalue weighted by Crippen LogP contribution is 2.26. The number of rotatable bonds is 7. The summed E-state index contributed by atoms with van der Waals surface area (Å²) in [6, 6.07) is 7.69. The van der Waals surface area contributed by atoms with Gasteiger partial charge in [0.05, 0.1) is 23.9 Å². The average Bonchev–Trinajstić information content (AvgIpc) is 2.90. The first-order valence-electron chi connectivity index (χ1n) is 6.75. The molecule has 2 rings (SSSR count). The Balaban J connectivity index is 1.89. The maximum absolute atomic E-state index is 5.80. The number of nitrogens with zero attached hydrogens (tertiary/aromatic N) is 1. The van der Waals surface area contributed by atoms with Crippen molar-refractivity contribution < 1.29 is 9.47 Å². The zero-order chi connectivity index (χ0) is 14.4. The first kappa shape index (κ1) is 14.8. The average molecular weight is 292 g/mol. The normalized spacial score (nSPS) is 12.2. The van der Waals surface area contributed by atoms with E-state index in [1.165, 1.54) is 0 Å². The van der Waals surface area contributed by atoms with Gasteiger partial charge in [-0.25, -0.2) is 4.98 Å². The molecule has 0 fully saturated rings. The Morgan fingerprint density at radius 2 is 1.95 bits per heavy atom. The highest BCUT2D eigenvalue weighted by molar-refractivity contribution is 7.09. The van der Waals surface area contributed by atoms with Crippen LogP contribution in [0.3, 0.4) is 0 Å². The molecule has 0 amide bonds. The molecule has 1 heterocycles. The van der Waals surface area contributed by atoms with E-state index < -0.39 is 0 Å². The van der Waals surface area contributed by atoms with Gasteiger partial charge in [-0.1, -0.05) is 12.1 Å². The largest absolute Gasteiger partial charge is 0.490 e. The molecular formula is C15H20N2O2S. The van der Waals surface area contributed by atoms with Crippen LogP contribution in [-0.4, -0.2) is 18.2 Å². The molecular weight excluding hydrogens is 272 g/mol. The zero-order valence-electron chi connectivity index (χ0n) is 11.8. The van der Waals surface area contributed by atoms with E-state index in [2.05, 4.69) is 4.98 Å². The lowest BCUT2D eigenvalue weighted by molar-refractivity contribution is 0.279. The Bertz CT molecular complexity index is 540. The third-order valence-electron chi connectivity index (χ3n) is 2.76. The smallest absolute Gasteiger partial charge is 0.161 e. The number of nitrogens with two attached hydrogens (primary N) is 1. The van der Waals surface area contributed by atoms with Crippen LogP contribution in [0.5, 0.6) is 11.5 Å². The third-order valence-corrected chi connectivity index (χ3v) is 3.69. The lowest BCUT2D eigenvalue weighted by atomic mass is 10.3. The van der Waals surface area contributed by atoms with Crippen molar-refractivity contribution in [3.8, 4) is 11.5 Å². The van der Waals surface area contributed by atoms with Gasteiger partial charge in [0, 0.05) is 17.8 Å². The van der Waals surface area contributed by atoms with Crippen molar-refractivity contribution in [1.29, 1.82) is 0 Å². The highest BCUT2D eigenvalue weighted by Gasteiger charge is 2.07. The SMILES string of the molecule is CCOc1ccccc1OCCc1nc(C(C)N)cs1. The molecule has 1 aromatic carbocycles. The van der Waals surface area contributed by atoms with Crippen LogP contribution in [0.2, 0.25) is 0 Å². The minimum absolute atomic E-state index is 0.0143. The summed E-state index contributed by atoms with van der Waals surface area (Å²) in [6.07, 6.45) is 0.776. The van der Waals surface area contributed by atoms with Crippen LogP contribution < -0.4 is 15.2 Å². The summed E-state index contributed by atoms with van der Waals surface area (Å²) in [5.74, 6) is 1.56. The molecule has 0 bridgehead atoms. The standard InChI is InChI=1S/C15H20N2O2S/c1-3-18-13-6-4-5-7-14(13)19-9-8-15-17-12(10-20-15)11(2)16/h4-7,10-11H,3,8-9,16H2,1-2H3. The van der Waals surface area contributed by atoms with Gasteiger partial charge in [-0.3, -0.25) is 0 Å². The molecule has 0 spiro atoms. The first-order valence-corrected chi connectivity index (χ1v) is 7.63. The molecule has 0 aliphatic carbocycles. The molecule has 0 aliphatic rings. The van der Waals surface area contributed by atoms with Gasteiger partial charge in [0.15, 0.2) is 11.5 Å². The molecule has 0 saturated carbocycles. The molecule has 0 aliphatic heterocycles. The van der Waals surface area contributed by atoms with Gasteiger partial charge in [-0.15, -0.1) is 11.3 Å². The fourth-order valence-electron chi connectivity index (χ4n) is 1.74. The van der Waals surface area contributed by atoms with E-state index in [9.17, 15) is 0 Å². The van der Waals surface area contributed by atoms with Crippen molar-refractivity contribution in [3.05, 3.63) is 40.3 Å². The van der Waals surface area contributed by atoms with Crippen LogP contribution in [-0.2, 0) is 6.42 Å². The lowest BCUT2D eigenvalue weighted by Gasteiger charge is -2.10. The Morgan fingerprint density at radius 3 is 2.55 bits per heavy atom. The van der Waals surface area contributed by atoms with Gasteiger partial charge < -0.3 is 15.2 Å². The minimum atomic E-state index is -0.0143. The van der Waals surface area contributed by atoms with E-state index in [1.807, 2.05) is 43.5 Å². The molecule has 1 aromatic heterocycles. The van der Waals surface area contributed by atoms with Gasteiger partial charge in [-0.05, 0) is 26.0 Å². The third kappa shape index (κ3) is 3.95. The van der Waals surface area contributed by atoms with Crippen LogP contribution in [0.15, 0.2) is 29.6 Å². The van der Waals surface area contributed by atoms with E-state index in [4.69, 9.17) is 15.2 Å². The molecule has 20 heavy (non-hydrogen) atoms. The van der Waals surface area contributed by atoms with Crippen LogP contribution in [0.1, 0.15) is 30.6 Å². The predicted molar refractivity (Wildman–Crippen MR) is 81.5 cm³/mol. The number of ether oxygens (including phenoxy) is 2. The van der Waals surface area contributed by atoms with E-state index >= 15 is 0 Å². The number of hydrogen-bond acceptors (Lipinski definition) is 5. The van der Waals surface area contributed by atoms with Gasteiger partial charge in [0.25, 0.3) is 0 Å². The topological polar surface area (TPSA) is 57.4 Å². The minimum Gasteiger partial charge on any atom is -0.490 e. The maximum atomic E-state index is 5.80. The number of thiazole rings is 1. The Morgan fingerprint density at radius 1 is 1.25 bits per heavy atom. The summed E-state index contributed by atoms with van der Waals surface area (Å²) >= 11 is 1.63. The molecule has 1 atom stereocenters. The molecule has 2 N–H and O–H groups in total. The van der Waals surface area contributed by atoms with Crippen molar-refractivity contribution in [2.45, 2.75) is 26.3 Å². The van der Waals surface area contributed by atoms with Crippen molar-refractivity contribution >= 4 is 11.3 Å². The van der Waals surface area contributed by atoms with Crippen molar-refractivity contribution in [2.75, 3.05) is 13.2 Å².